The predicted molar refractivity (Wildman–Crippen MR) is 338 cm³/mol. The van der Waals surface area contributed by atoms with Crippen molar-refractivity contribution in [2.75, 3.05) is 13.2 Å². The van der Waals surface area contributed by atoms with Gasteiger partial charge in [-0.1, -0.05) is 313 Å². The zero-order chi connectivity index (χ0) is 55.7. The van der Waals surface area contributed by atoms with Crippen LogP contribution in [0.25, 0.3) is 0 Å². The first-order chi connectivity index (χ1) is 38.0. The van der Waals surface area contributed by atoms with Crippen molar-refractivity contribution in [2.45, 2.75) is 379 Å². The molecule has 6 nitrogen and oxygen atoms in total. The number of hydrogen-bond donors (Lipinski definition) is 3. The van der Waals surface area contributed by atoms with Gasteiger partial charge in [-0.25, -0.2) is 0 Å². The van der Waals surface area contributed by atoms with Crippen LogP contribution in [0.4, 0.5) is 0 Å². The van der Waals surface area contributed by atoms with E-state index in [4.69, 9.17) is 4.74 Å². The molecule has 0 aromatic rings. The molecule has 6 heteroatoms. The summed E-state index contributed by atoms with van der Waals surface area (Å²) < 4.78 is 5.46. The molecule has 0 saturated heterocycles. The molecule has 0 saturated carbocycles. The predicted octanol–water partition coefficient (Wildman–Crippen LogP) is 22.1. The molecule has 0 heterocycles. The molecule has 0 aliphatic rings. The van der Waals surface area contributed by atoms with Crippen molar-refractivity contribution >= 4 is 11.9 Å². The summed E-state index contributed by atoms with van der Waals surface area (Å²) >= 11 is 0. The van der Waals surface area contributed by atoms with Crippen LogP contribution in [0.5, 0.6) is 0 Å². The zero-order valence-corrected chi connectivity index (χ0v) is 51.7. The highest BCUT2D eigenvalue weighted by molar-refractivity contribution is 5.76. The molecule has 0 aromatic carbocycles. The molecule has 0 aliphatic heterocycles. The van der Waals surface area contributed by atoms with Gasteiger partial charge in [0.05, 0.1) is 25.4 Å². The number of unbranched alkanes of at least 4 members (excludes halogenated alkanes) is 47. The first kappa shape index (κ1) is 74.8. The van der Waals surface area contributed by atoms with Gasteiger partial charge in [-0.05, 0) is 89.9 Å². The van der Waals surface area contributed by atoms with Gasteiger partial charge in [-0.15, -0.1) is 0 Å². The Morgan fingerprint density at radius 2 is 0.649 bits per heavy atom. The molecule has 0 rings (SSSR count). The Balaban J connectivity index is 3.48. The maximum absolute atomic E-state index is 12.5. The third kappa shape index (κ3) is 62.9. The highest BCUT2D eigenvalue weighted by Gasteiger charge is 2.18. The SMILES string of the molecule is CCCCC/C=C\CCCCCCCC(=O)OCCCCCCCCCCC/C=C\C/C=C\CCCCCCCCCC(=O)NC(CO)C(O)/C=C/CCCCCCCCCCCCCCCCCCCCCCCCC. The van der Waals surface area contributed by atoms with E-state index in [0.717, 1.165) is 64.2 Å². The van der Waals surface area contributed by atoms with Crippen LogP contribution in [0, 0.1) is 0 Å². The van der Waals surface area contributed by atoms with E-state index in [0.29, 0.717) is 19.4 Å². The first-order valence-corrected chi connectivity index (χ1v) is 34.4. The summed E-state index contributed by atoms with van der Waals surface area (Å²) in [6.45, 7) is 4.89. The topological polar surface area (TPSA) is 95.9 Å². The molecule has 0 aliphatic carbocycles. The number of allylic oxidation sites excluding steroid dienone is 7. The molecule has 77 heavy (non-hydrogen) atoms. The average molecular weight is 1080 g/mol. The fourth-order valence-corrected chi connectivity index (χ4v) is 10.5. The minimum atomic E-state index is -0.854. The Morgan fingerprint density at radius 1 is 0.364 bits per heavy atom. The van der Waals surface area contributed by atoms with E-state index in [9.17, 15) is 19.8 Å². The van der Waals surface area contributed by atoms with Crippen LogP contribution in [-0.2, 0) is 14.3 Å². The monoisotopic (exact) mass is 1080 g/mol. The number of amides is 1. The van der Waals surface area contributed by atoms with Gasteiger partial charge in [0.1, 0.15) is 0 Å². The van der Waals surface area contributed by atoms with Crippen molar-refractivity contribution in [2.24, 2.45) is 0 Å². The number of ether oxygens (including phenoxy) is 1. The first-order valence-electron chi connectivity index (χ1n) is 34.4. The molecular formula is C71H133NO5. The van der Waals surface area contributed by atoms with Crippen LogP contribution in [-0.4, -0.2) is 47.4 Å². The Morgan fingerprint density at radius 3 is 1.03 bits per heavy atom. The van der Waals surface area contributed by atoms with Gasteiger partial charge in [-0.3, -0.25) is 9.59 Å². The summed E-state index contributed by atoms with van der Waals surface area (Å²) in [5, 5.41) is 23.3. The lowest BCUT2D eigenvalue weighted by Gasteiger charge is -2.20. The van der Waals surface area contributed by atoms with Gasteiger partial charge < -0.3 is 20.3 Å². The van der Waals surface area contributed by atoms with Crippen LogP contribution in [0.3, 0.4) is 0 Å². The second-order valence-electron chi connectivity index (χ2n) is 23.5. The van der Waals surface area contributed by atoms with Gasteiger partial charge in [0.25, 0.3) is 0 Å². The van der Waals surface area contributed by atoms with Crippen molar-refractivity contribution in [1.82, 2.24) is 5.32 Å². The summed E-state index contributed by atoms with van der Waals surface area (Å²) in [5.74, 6) is -0.0788. The quantitative estimate of drug-likeness (QED) is 0.0320. The van der Waals surface area contributed by atoms with E-state index in [-0.39, 0.29) is 18.5 Å². The lowest BCUT2D eigenvalue weighted by Crippen LogP contribution is -2.45. The summed E-state index contributed by atoms with van der Waals surface area (Å²) in [7, 11) is 0. The molecule has 0 aromatic heterocycles. The second kappa shape index (κ2) is 66.3. The minimum Gasteiger partial charge on any atom is -0.466 e. The van der Waals surface area contributed by atoms with Crippen LogP contribution in [0.2, 0.25) is 0 Å². The average Bonchev–Trinajstić information content (AvgIpc) is 3.43. The third-order valence-electron chi connectivity index (χ3n) is 15.8. The smallest absolute Gasteiger partial charge is 0.305 e. The number of nitrogens with one attached hydrogen (secondary N) is 1. The Labute approximate surface area is 480 Å². The van der Waals surface area contributed by atoms with Crippen LogP contribution >= 0.6 is 0 Å². The van der Waals surface area contributed by atoms with Crippen molar-refractivity contribution in [3.8, 4) is 0 Å². The van der Waals surface area contributed by atoms with E-state index in [1.807, 2.05) is 6.08 Å². The molecule has 0 spiro atoms. The molecule has 0 fully saturated rings. The Hall–Kier alpha value is -2.18. The number of aliphatic hydroxyl groups is 2. The maximum Gasteiger partial charge on any atom is 0.305 e. The van der Waals surface area contributed by atoms with Crippen molar-refractivity contribution < 1.29 is 24.5 Å². The number of carbonyl (C=O) groups is 2. The number of esters is 1. The summed E-state index contributed by atoms with van der Waals surface area (Å²) in [6.07, 6.45) is 86.1. The van der Waals surface area contributed by atoms with Gasteiger partial charge in [0.2, 0.25) is 5.91 Å². The van der Waals surface area contributed by atoms with E-state index < -0.39 is 12.1 Å². The van der Waals surface area contributed by atoms with E-state index >= 15 is 0 Å². The summed E-state index contributed by atoms with van der Waals surface area (Å²) in [4.78, 5) is 24.5. The highest BCUT2D eigenvalue weighted by atomic mass is 16.5. The lowest BCUT2D eigenvalue weighted by molar-refractivity contribution is -0.143. The highest BCUT2D eigenvalue weighted by Crippen LogP contribution is 2.18. The van der Waals surface area contributed by atoms with Crippen molar-refractivity contribution in [3.05, 3.63) is 48.6 Å². The Bertz CT molecular complexity index is 1290. The lowest BCUT2D eigenvalue weighted by atomic mass is 10.0. The summed E-state index contributed by atoms with van der Waals surface area (Å²) in [6, 6.07) is -0.638. The van der Waals surface area contributed by atoms with Crippen LogP contribution in [0.1, 0.15) is 367 Å². The molecule has 1 amide bonds. The Kier molecular flexibility index (Phi) is 64.5. The molecule has 3 N–H and O–H groups in total. The van der Waals surface area contributed by atoms with Gasteiger partial charge >= 0.3 is 5.97 Å². The van der Waals surface area contributed by atoms with Gasteiger partial charge in [0.15, 0.2) is 0 Å². The molecule has 452 valence electrons. The van der Waals surface area contributed by atoms with Gasteiger partial charge in [0, 0.05) is 12.8 Å². The maximum atomic E-state index is 12.5. The normalized spacial score (nSPS) is 12.8. The largest absolute Gasteiger partial charge is 0.466 e. The molecule has 2 unspecified atom stereocenters. The minimum absolute atomic E-state index is 0.00350. The second-order valence-corrected chi connectivity index (χ2v) is 23.5. The molecule has 0 bridgehead atoms. The number of hydrogen-bond acceptors (Lipinski definition) is 5. The fourth-order valence-electron chi connectivity index (χ4n) is 10.5. The van der Waals surface area contributed by atoms with Crippen LogP contribution in [0.15, 0.2) is 48.6 Å². The van der Waals surface area contributed by atoms with E-state index in [1.54, 1.807) is 6.08 Å². The van der Waals surface area contributed by atoms with E-state index in [1.165, 1.54) is 276 Å². The summed E-state index contributed by atoms with van der Waals surface area (Å²) in [5.41, 5.74) is 0. The van der Waals surface area contributed by atoms with Gasteiger partial charge in [-0.2, -0.15) is 0 Å². The number of carbonyl (C=O) groups excluding carboxylic acids is 2. The molecule has 2 atom stereocenters. The number of aliphatic hydroxyl groups excluding tert-OH is 2. The van der Waals surface area contributed by atoms with E-state index in [2.05, 4.69) is 55.6 Å². The fraction of sp³-hybridized carbons (Fsp3) is 0.859. The number of rotatable bonds is 64. The van der Waals surface area contributed by atoms with Crippen molar-refractivity contribution in [3.63, 3.8) is 0 Å². The third-order valence-corrected chi connectivity index (χ3v) is 15.8. The molecular weight excluding hydrogens is 947 g/mol. The standard InChI is InChI=1S/C71H133NO5/c1-3-5-7-9-11-13-15-17-18-19-20-21-22-23-25-28-31-34-37-40-43-47-51-55-59-63-69(74)68(67-73)72-70(75)64-60-56-52-48-44-41-38-35-32-29-26-24-27-30-33-36-39-42-46-50-54-58-62-66-77-71(76)65-61-57-53-49-45-16-14-12-10-8-6-4-2/h12,14,24,27,29,32,59,63,68-69,73-74H,3-11,13,15-23,25-26,28,30-31,33-58,60-62,64-67H2,1-2H3,(H,72,75)/b14-12-,27-24-,32-29-,63-59+. The van der Waals surface area contributed by atoms with Crippen LogP contribution < -0.4 is 5.32 Å². The van der Waals surface area contributed by atoms with Crippen molar-refractivity contribution in [1.29, 1.82) is 0 Å². The zero-order valence-electron chi connectivity index (χ0n) is 51.7. The molecule has 0 radical (unpaired) electrons.